The van der Waals surface area contributed by atoms with Gasteiger partial charge in [-0.15, -0.1) is 0 Å². The predicted octanol–water partition coefficient (Wildman–Crippen LogP) is 2.99. The zero-order chi connectivity index (χ0) is 23.4. The van der Waals surface area contributed by atoms with Crippen LogP contribution >= 0.6 is 0 Å². The SMILES string of the molecule is CCc1ccc([C@@H]2NC(=O)NC(CN3CCN(c4ccc(F)cc4)CC3)=C2C(=O)OC)cc1. The third-order valence-corrected chi connectivity index (χ3v) is 6.23. The Kier molecular flexibility index (Phi) is 6.93. The first-order chi connectivity index (χ1) is 16.0. The van der Waals surface area contributed by atoms with Crippen molar-refractivity contribution < 1.29 is 18.7 Å². The van der Waals surface area contributed by atoms with Crippen LogP contribution in [0.15, 0.2) is 59.8 Å². The standard InChI is InChI=1S/C25H29FN4O3/c1-3-17-4-6-18(7-5-17)23-22(24(31)33-2)21(27-25(32)28-23)16-29-12-14-30(15-13-29)20-10-8-19(26)9-11-20/h4-11,23H,3,12-16H2,1-2H3,(H2,27,28,32)/t23-/m0/s1. The molecule has 2 aromatic carbocycles. The Bertz CT molecular complexity index is 1030. The fourth-order valence-corrected chi connectivity index (χ4v) is 4.33. The van der Waals surface area contributed by atoms with E-state index >= 15 is 0 Å². The second-order valence-corrected chi connectivity index (χ2v) is 8.25. The molecule has 1 fully saturated rings. The van der Waals surface area contributed by atoms with Crippen LogP contribution in [0.25, 0.3) is 0 Å². The van der Waals surface area contributed by atoms with Gasteiger partial charge in [0, 0.05) is 44.1 Å². The summed E-state index contributed by atoms with van der Waals surface area (Å²) in [6, 6.07) is 13.5. The number of hydrogen-bond donors (Lipinski definition) is 2. The first-order valence-corrected chi connectivity index (χ1v) is 11.2. The van der Waals surface area contributed by atoms with Gasteiger partial charge in [-0.1, -0.05) is 31.2 Å². The summed E-state index contributed by atoms with van der Waals surface area (Å²) in [6.45, 7) is 5.53. The number of methoxy groups -OCH3 is 1. The molecular weight excluding hydrogens is 423 g/mol. The van der Waals surface area contributed by atoms with Crippen molar-refractivity contribution in [3.05, 3.63) is 76.7 Å². The van der Waals surface area contributed by atoms with Gasteiger partial charge >= 0.3 is 12.0 Å². The number of nitrogens with one attached hydrogen (secondary N) is 2. The molecule has 174 valence electrons. The van der Waals surface area contributed by atoms with Gasteiger partial charge in [-0.2, -0.15) is 0 Å². The normalized spacial score (nSPS) is 19.2. The second-order valence-electron chi connectivity index (χ2n) is 8.25. The predicted molar refractivity (Wildman–Crippen MR) is 124 cm³/mol. The fourth-order valence-electron chi connectivity index (χ4n) is 4.33. The molecule has 0 bridgehead atoms. The molecule has 0 spiro atoms. The highest BCUT2D eigenvalue weighted by atomic mass is 19.1. The summed E-state index contributed by atoms with van der Waals surface area (Å²) in [5.41, 5.74) is 3.98. The summed E-state index contributed by atoms with van der Waals surface area (Å²) in [5.74, 6) is -0.716. The number of carbonyl (C=O) groups excluding carboxylic acids is 2. The number of hydrogen-bond acceptors (Lipinski definition) is 5. The number of aryl methyl sites for hydroxylation is 1. The monoisotopic (exact) mass is 452 g/mol. The average molecular weight is 453 g/mol. The maximum atomic E-state index is 13.2. The molecule has 8 heteroatoms. The summed E-state index contributed by atoms with van der Waals surface area (Å²) in [5, 5.41) is 5.70. The minimum Gasteiger partial charge on any atom is -0.466 e. The van der Waals surface area contributed by atoms with Gasteiger partial charge in [-0.25, -0.2) is 14.0 Å². The molecule has 2 aromatic rings. The van der Waals surface area contributed by atoms with Crippen LogP contribution in [0, 0.1) is 5.82 Å². The number of benzene rings is 2. The van der Waals surface area contributed by atoms with E-state index in [1.54, 1.807) is 12.1 Å². The Balaban J connectivity index is 1.53. The molecule has 0 saturated carbocycles. The van der Waals surface area contributed by atoms with Crippen molar-refractivity contribution in [1.29, 1.82) is 0 Å². The van der Waals surface area contributed by atoms with Crippen molar-refractivity contribution in [3.63, 3.8) is 0 Å². The van der Waals surface area contributed by atoms with Gasteiger partial charge in [-0.05, 0) is 41.8 Å². The zero-order valence-electron chi connectivity index (χ0n) is 18.9. The summed E-state index contributed by atoms with van der Waals surface area (Å²) in [6.07, 6.45) is 0.910. The van der Waals surface area contributed by atoms with E-state index in [9.17, 15) is 14.0 Å². The van der Waals surface area contributed by atoms with Gasteiger partial charge in [-0.3, -0.25) is 4.90 Å². The molecule has 2 aliphatic heterocycles. The Labute approximate surface area is 193 Å². The highest BCUT2D eigenvalue weighted by Crippen LogP contribution is 2.29. The molecule has 33 heavy (non-hydrogen) atoms. The highest BCUT2D eigenvalue weighted by molar-refractivity contribution is 5.95. The molecule has 7 nitrogen and oxygen atoms in total. The van der Waals surface area contributed by atoms with Crippen molar-refractivity contribution in [3.8, 4) is 0 Å². The van der Waals surface area contributed by atoms with E-state index < -0.39 is 12.0 Å². The van der Waals surface area contributed by atoms with Gasteiger partial charge in [0.1, 0.15) is 5.82 Å². The number of nitrogens with zero attached hydrogens (tertiary/aromatic N) is 2. The van der Waals surface area contributed by atoms with Gasteiger partial charge in [0.15, 0.2) is 0 Å². The number of urea groups is 1. The van der Waals surface area contributed by atoms with Gasteiger partial charge in [0.05, 0.1) is 18.7 Å². The summed E-state index contributed by atoms with van der Waals surface area (Å²) in [4.78, 5) is 29.6. The minimum absolute atomic E-state index is 0.250. The molecule has 4 rings (SSSR count). The smallest absolute Gasteiger partial charge is 0.338 e. The van der Waals surface area contributed by atoms with Gasteiger partial charge < -0.3 is 20.3 Å². The average Bonchev–Trinajstić information content (AvgIpc) is 2.84. The first kappa shape index (κ1) is 22.8. The van der Waals surface area contributed by atoms with E-state index in [2.05, 4.69) is 27.4 Å². The number of piperazine rings is 1. The van der Waals surface area contributed by atoms with E-state index in [1.165, 1.54) is 24.8 Å². The van der Waals surface area contributed by atoms with Gasteiger partial charge in [0.25, 0.3) is 0 Å². The minimum atomic E-state index is -0.576. The quantitative estimate of drug-likeness (QED) is 0.660. The van der Waals surface area contributed by atoms with Crippen LogP contribution in [-0.4, -0.2) is 56.7 Å². The van der Waals surface area contributed by atoms with Crippen LogP contribution in [0.5, 0.6) is 0 Å². The summed E-state index contributed by atoms with van der Waals surface area (Å²) in [7, 11) is 1.35. The molecule has 2 aliphatic rings. The van der Waals surface area contributed by atoms with Crippen molar-refractivity contribution >= 4 is 17.7 Å². The number of halogens is 1. The number of amides is 2. The maximum Gasteiger partial charge on any atom is 0.338 e. The molecule has 0 aliphatic carbocycles. The van der Waals surface area contributed by atoms with Crippen molar-refractivity contribution in [1.82, 2.24) is 15.5 Å². The van der Waals surface area contributed by atoms with Crippen molar-refractivity contribution in [2.75, 3.05) is 44.7 Å². The van der Waals surface area contributed by atoms with Crippen LogP contribution in [0.3, 0.4) is 0 Å². The van der Waals surface area contributed by atoms with E-state index in [-0.39, 0.29) is 11.8 Å². The van der Waals surface area contributed by atoms with Crippen molar-refractivity contribution in [2.45, 2.75) is 19.4 Å². The molecule has 0 unspecified atom stereocenters. The second kappa shape index (κ2) is 10.0. The topological polar surface area (TPSA) is 73.9 Å². The molecular formula is C25H29FN4O3. The van der Waals surface area contributed by atoms with E-state index in [4.69, 9.17) is 4.74 Å². The Morgan fingerprint density at radius 3 is 2.33 bits per heavy atom. The lowest BCUT2D eigenvalue weighted by molar-refractivity contribution is -0.136. The number of rotatable bonds is 6. The molecule has 0 radical (unpaired) electrons. The first-order valence-electron chi connectivity index (χ1n) is 11.2. The fraction of sp³-hybridized carbons (Fsp3) is 0.360. The number of esters is 1. The highest BCUT2D eigenvalue weighted by Gasteiger charge is 2.34. The summed E-state index contributed by atoms with van der Waals surface area (Å²) < 4.78 is 18.3. The van der Waals surface area contributed by atoms with Crippen LogP contribution in [-0.2, 0) is 16.0 Å². The number of carbonyl (C=O) groups is 2. The molecule has 1 atom stereocenters. The van der Waals surface area contributed by atoms with Gasteiger partial charge in [0.2, 0.25) is 0 Å². The van der Waals surface area contributed by atoms with Crippen LogP contribution in [0.2, 0.25) is 0 Å². The molecule has 2 heterocycles. The Hall–Kier alpha value is -3.39. The number of anilines is 1. The van der Waals surface area contributed by atoms with Crippen LogP contribution in [0.1, 0.15) is 24.1 Å². The lowest BCUT2D eigenvalue weighted by Crippen LogP contribution is -2.51. The zero-order valence-corrected chi connectivity index (χ0v) is 18.9. The maximum absolute atomic E-state index is 13.2. The molecule has 2 N–H and O–H groups in total. The van der Waals surface area contributed by atoms with Crippen molar-refractivity contribution in [2.24, 2.45) is 0 Å². The largest absolute Gasteiger partial charge is 0.466 e. The van der Waals surface area contributed by atoms with Crippen LogP contribution < -0.4 is 15.5 Å². The third-order valence-electron chi connectivity index (χ3n) is 6.23. The molecule has 2 amide bonds. The van der Waals surface area contributed by atoms with E-state index in [0.717, 1.165) is 43.9 Å². The van der Waals surface area contributed by atoms with E-state index in [1.807, 2.05) is 24.3 Å². The lowest BCUT2D eigenvalue weighted by Gasteiger charge is -2.38. The lowest BCUT2D eigenvalue weighted by atomic mass is 9.94. The van der Waals surface area contributed by atoms with Crippen LogP contribution in [0.4, 0.5) is 14.9 Å². The molecule has 0 aromatic heterocycles. The van der Waals surface area contributed by atoms with E-state index in [0.29, 0.717) is 17.8 Å². The third kappa shape index (κ3) is 5.17. The number of ether oxygens (including phenoxy) is 1. The Morgan fingerprint density at radius 2 is 1.73 bits per heavy atom. The Morgan fingerprint density at radius 1 is 1.06 bits per heavy atom. The molecule has 1 saturated heterocycles. The summed E-state index contributed by atoms with van der Waals surface area (Å²) >= 11 is 0.